The van der Waals surface area contributed by atoms with Crippen LogP contribution in [0.25, 0.3) is 0 Å². The van der Waals surface area contributed by atoms with Crippen molar-refractivity contribution in [3.8, 4) is 17.2 Å². The van der Waals surface area contributed by atoms with Gasteiger partial charge in [0.1, 0.15) is 5.75 Å². The molecule has 0 bridgehead atoms. The third-order valence-electron chi connectivity index (χ3n) is 5.08. The maximum absolute atomic E-state index is 10.3. The van der Waals surface area contributed by atoms with Gasteiger partial charge in [-0.25, -0.2) is 0 Å². The number of aliphatic hydroxyl groups excluding tert-OH is 1. The second-order valence-corrected chi connectivity index (χ2v) is 7.13. The van der Waals surface area contributed by atoms with E-state index in [0.29, 0.717) is 18.9 Å². The van der Waals surface area contributed by atoms with E-state index < -0.39 is 6.10 Å². The SMILES string of the molecule is Oc1ccccc1N1CCN(CC(O)COCc2ccc3c(c2)OCO3)CC1. The standard InChI is InChI=1S/C21H26N2O5/c24-17(14-26-13-16-5-6-20-21(11-16)28-15-27-20)12-22-7-9-23(10-8-22)18-3-1-2-4-19(18)25/h1-6,11,17,24-25H,7-10,12-15H2. The van der Waals surface area contributed by atoms with Gasteiger partial charge in [0.25, 0.3) is 0 Å². The summed E-state index contributed by atoms with van der Waals surface area (Å²) >= 11 is 0. The van der Waals surface area contributed by atoms with Gasteiger partial charge in [-0.3, -0.25) is 4.90 Å². The number of nitrogens with zero attached hydrogens (tertiary/aromatic N) is 2. The van der Waals surface area contributed by atoms with E-state index in [4.69, 9.17) is 14.2 Å². The number of phenolic OH excluding ortho intramolecular Hbond substituents is 1. The van der Waals surface area contributed by atoms with Crippen molar-refractivity contribution < 1.29 is 24.4 Å². The Labute approximate surface area is 164 Å². The quantitative estimate of drug-likeness (QED) is 0.752. The zero-order valence-electron chi connectivity index (χ0n) is 15.8. The summed E-state index contributed by atoms with van der Waals surface area (Å²) in [5, 5.41) is 20.3. The van der Waals surface area contributed by atoms with Gasteiger partial charge in [0.15, 0.2) is 11.5 Å². The molecule has 1 unspecified atom stereocenters. The number of aliphatic hydroxyl groups is 1. The van der Waals surface area contributed by atoms with Crippen LogP contribution in [-0.2, 0) is 11.3 Å². The van der Waals surface area contributed by atoms with E-state index >= 15 is 0 Å². The van der Waals surface area contributed by atoms with Gasteiger partial charge in [0, 0.05) is 32.7 Å². The molecule has 0 amide bonds. The third kappa shape index (κ3) is 4.49. The van der Waals surface area contributed by atoms with Crippen molar-refractivity contribution in [2.24, 2.45) is 0 Å². The van der Waals surface area contributed by atoms with Crippen LogP contribution in [0.15, 0.2) is 42.5 Å². The maximum atomic E-state index is 10.3. The number of hydrogen-bond acceptors (Lipinski definition) is 7. The first-order valence-corrected chi connectivity index (χ1v) is 9.58. The van der Waals surface area contributed by atoms with Crippen molar-refractivity contribution in [1.82, 2.24) is 4.90 Å². The van der Waals surface area contributed by atoms with E-state index in [-0.39, 0.29) is 13.4 Å². The van der Waals surface area contributed by atoms with E-state index in [9.17, 15) is 10.2 Å². The first-order valence-electron chi connectivity index (χ1n) is 9.58. The van der Waals surface area contributed by atoms with Crippen LogP contribution in [0.3, 0.4) is 0 Å². The number of benzene rings is 2. The highest BCUT2D eigenvalue weighted by atomic mass is 16.7. The third-order valence-corrected chi connectivity index (χ3v) is 5.08. The van der Waals surface area contributed by atoms with Crippen molar-refractivity contribution in [3.05, 3.63) is 48.0 Å². The monoisotopic (exact) mass is 386 g/mol. The van der Waals surface area contributed by atoms with E-state index in [0.717, 1.165) is 48.9 Å². The Bertz CT molecular complexity index is 792. The number of hydrogen-bond donors (Lipinski definition) is 2. The van der Waals surface area contributed by atoms with Crippen LogP contribution in [-0.4, -0.2) is 67.3 Å². The number of anilines is 1. The van der Waals surface area contributed by atoms with Gasteiger partial charge in [-0.15, -0.1) is 0 Å². The van der Waals surface area contributed by atoms with Crippen LogP contribution in [0.2, 0.25) is 0 Å². The highest BCUT2D eigenvalue weighted by molar-refractivity contribution is 5.57. The topological polar surface area (TPSA) is 74.6 Å². The number of β-amino-alcohol motifs (C(OH)–C–C–N with tert-alkyl or cyclic N) is 1. The summed E-state index contributed by atoms with van der Waals surface area (Å²) in [5.74, 6) is 1.81. The smallest absolute Gasteiger partial charge is 0.231 e. The van der Waals surface area contributed by atoms with Gasteiger partial charge in [-0.05, 0) is 29.8 Å². The van der Waals surface area contributed by atoms with E-state index in [1.54, 1.807) is 6.07 Å². The fourth-order valence-corrected chi connectivity index (χ4v) is 3.60. The Kier molecular flexibility index (Phi) is 5.85. The Hall–Kier alpha value is -2.48. The Morgan fingerprint density at radius 1 is 1.00 bits per heavy atom. The zero-order valence-corrected chi connectivity index (χ0v) is 15.8. The molecule has 1 fully saturated rings. The summed E-state index contributed by atoms with van der Waals surface area (Å²) in [6.45, 7) is 4.87. The summed E-state index contributed by atoms with van der Waals surface area (Å²) < 4.78 is 16.3. The Morgan fingerprint density at radius 3 is 2.61 bits per heavy atom. The minimum atomic E-state index is -0.536. The molecular weight excluding hydrogens is 360 g/mol. The molecule has 1 saturated heterocycles. The second-order valence-electron chi connectivity index (χ2n) is 7.13. The minimum Gasteiger partial charge on any atom is -0.506 e. The number of ether oxygens (including phenoxy) is 3. The zero-order chi connectivity index (χ0) is 19.3. The average Bonchev–Trinajstić information content (AvgIpc) is 3.17. The van der Waals surface area contributed by atoms with Crippen LogP contribution in [0.1, 0.15) is 5.56 Å². The fourth-order valence-electron chi connectivity index (χ4n) is 3.60. The van der Waals surface area contributed by atoms with Crippen molar-refractivity contribution in [1.29, 1.82) is 0 Å². The molecule has 0 radical (unpaired) electrons. The maximum Gasteiger partial charge on any atom is 0.231 e. The van der Waals surface area contributed by atoms with Gasteiger partial charge in [0.2, 0.25) is 6.79 Å². The number of piperazine rings is 1. The van der Waals surface area contributed by atoms with Crippen molar-refractivity contribution in [2.45, 2.75) is 12.7 Å². The molecule has 0 saturated carbocycles. The Morgan fingerprint density at radius 2 is 1.79 bits per heavy atom. The van der Waals surface area contributed by atoms with Crippen LogP contribution >= 0.6 is 0 Å². The van der Waals surface area contributed by atoms with E-state index in [1.807, 2.05) is 36.4 Å². The molecule has 2 aromatic carbocycles. The van der Waals surface area contributed by atoms with Crippen LogP contribution in [0, 0.1) is 0 Å². The number of fused-ring (bicyclic) bond motifs is 1. The molecule has 2 aliphatic heterocycles. The lowest BCUT2D eigenvalue weighted by molar-refractivity contribution is 0.00910. The molecule has 2 aliphatic rings. The molecule has 1 atom stereocenters. The fraction of sp³-hybridized carbons (Fsp3) is 0.429. The van der Waals surface area contributed by atoms with Gasteiger partial charge in [-0.1, -0.05) is 18.2 Å². The average molecular weight is 386 g/mol. The lowest BCUT2D eigenvalue weighted by Gasteiger charge is -2.37. The molecule has 0 aromatic heterocycles. The molecule has 7 nitrogen and oxygen atoms in total. The summed E-state index contributed by atoms with van der Waals surface area (Å²) in [4.78, 5) is 4.40. The summed E-state index contributed by atoms with van der Waals surface area (Å²) in [6.07, 6.45) is -0.536. The highest BCUT2D eigenvalue weighted by Gasteiger charge is 2.21. The summed E-state index contributed by atoms with van der Waals surface area (Å²) in [6, 6.07) is 13.1. The predicted molar refractivity (Wildman–Crippen MR) is 105 cm³/mol. The lowest BCUT2D eigenvalue weighted by atomic mass is 10.2. The molecule has 28 heavy (non-hydrogen) atoms. The summed E-state index contributed by atoms with van der Waals surface area (Å²) in [5.41, 5.74) is 1.86. The molecule has 7 heteroatoms. The molecule has 2 heterocycles. The predicted octanol–water partition coefficient (Wildman–Crippen LogP) is 1.82. The number of phenols is 1. The number of aromatic hydroxyl groups is 1. The van der Waals surface area contributed by atoms with E-state index in [2.05, 4.69) is 9.80 Å². The molecular formula is C21H26N2O5. The lowest BCUT2D eigenvalue weighted by Crippen LogP contribution is -2.49. The van der Waals surface area contributed by atoms with Crippen LogP contribution < -0.4 is 14.4 Å². The largest absolute Gasteiger partial charge is 0.506 e. The molecule has 0 aliphatic carbocycles. The normalized spacial score (nSPS) is 17.7. The van der Waals surface area contributed by atoms with Crippen molar-refractivity contribution in [2.75, 3.05) is 51.0 Å². The number of para-hydroxylation sites is 2. The number of rotatable bonds is 7. The first kappa shape index (κ1) is 18.9. The molecule has 4 rings (SSSR count). The minimum absolute atomic E-state index is 0.259. The van der Waals surface area contributed by atoms with Gasteiger partial charge in [0.05, 0.1) is 25.0 Å². The second kappa shape index (κ2) is 8.68. The molecule has 0 spiro atoms. The van der Waals surface area contributed by atoms with Crippen molar-refractivity contribution >= 4 is 5.69 Å². The van der Waals surface area contributed by atoms with Crippen LogP contribution in [0.5, 0.6) is 17.2 Å². The molecule has 2 aromatic rings. The Balaban J connectivity index is 1.18. The van der Waals surface area contributed by atoms with Crippen LogP contribution in [0.4, 0.5) is 5.69 Å². The first-order chi connectivity index (χ1) is 13.7. The van der Waals surface area contributed by atoms with Crippen molar-refractivity contribution in [3.63, 3.8) is 0 Å². The van der Waals surface area contributed by atoms with Gasteiger partial charge in [-0.2, -0.15) is 0 Å². The van der Waals surface area contributed by atoms with Gasteiger partial charge < -0.3 is 29.3 Å². The molecule has 2 N–H and O–H groups in total. The molecule has 150 valence electrons. The summed E-state index contributed by atoms with van der Waals surface area (Å²) in [7, 11) is 0. The highest BCUT2D eigenvalue weighted by Crippen LogP contribution is 2.32. The van der Waals surface area contributed by atoms with E-state index in [1.165, 1.54) is 0 Å². The van der Waals surface area contributed by atoms with Gasteiger partial charge >= 0.3 is 0 Å².